The molecule has 8 nitrogen and oxygen atoms in total. The van der Waals surface area contributed by atoms with Crippen LogP contribution in [0.5, 0.6) is 0 Å². The van der Waals surface area contributed by atoms with Crippen LogP contribution in [0.3, 0.4) is 0 Å². The Balaban J connectivity index is 1.57. The first kappa shape index (κ1) is 21.3. The van der Waals surface area contributed by atoms with Crippen LogP contribution >= 0.6 is 11.8 Å². The van der Waals surface area contributed by atoms with Crippen LogP contribution < -0.4 is 5.32 Å². The highest BCUT2D eigenvalue weighted by Crippen LogP contribution is 2.30. The first-order chi connectivity index (χ1) is 14.1. The maximum Gasteiger partial charge on any atom is 0.253 e. The highest BCUT2D eigenvalue weighted by Gasteiger charge is 2.21. The molecular weight excluding hydrogens is 388 g/mol. The minimum Gasteiger partial charge on any atom is -0.339 e. The molecule has 3 rings (SSSR count). The van der Waals surface area contributed by atoms with E-state index in [0.717, 1.165) is 12.8 Å². The molecule has 0 aliphatic heterocycles. The van der Waals surface area contributed by atoms with Crippen molar-refractivity contribution in [3.63, 3.8) is 0 Å². The largest absolute Gasteiger partial charge is 0.339 e. The standard InChI is InChI=1S/C20H28N6O2S/c1-3-25(4-2)19(28)15-9-8-10-16(13-15)21-18(27)14-29-20-22-23-24-26(20)17-11-6-5-7-12-17/h8-10,13,17H,3-7,11-12,14H2,1-2H3,(H,21,27). The maximum atomic E-state index is 12.5. The first-order valence-electron chi connectivity index (χ1n) is 10.2. The molecule has 1 aliphatic rings. The van der Waals surface area contributed by atoms with Crippen molar-refractivity contribution >= 4 is 29.3 Å². The van der Waals surface area contributed by atoms with E-state index in [2.05, 4.69) is 20.8 Å². The van der Waals surface area contributed by atoms with Crippen LogP contribution in [0, 0.1) is 0 Å². The number of nitrogens with zero attached hydrogens (tertiary/aromatic N) is 5. The van der Waals surface area contributed by atoms with Crippen molar-refractivity contribution in [2.75, 3.05) is 24.2 Å². The molecule has 29 heavy (non-hydrogen) atoms. The van der Waals surface area contributed by atoms with E-state index in [0.29, 0.717) is 35.5 Å². The summed E-state index contributed by atoms with van der Waals surface area (Å²) in [5.74, 6) is 0.0224. The number of amides is 2. The Bertz CT molecular complexity index is 830. The molecule has 1 aliphatic carbocycles. The van der Waals surface area contributed by atoms with Gasteiger partial charge in [0.15, 0.2) is 0 Å². The lowest BCUT2D eigenvalue weighted by molar-refractivity contribution is -0.113. The normalized spacial score (nSPS) is 14.6. The van der Waals surface area contributed by atoms with Crippen LogP contribution in [-0.2, 0) is 4.79 Å². The number of carbonyl (C=O) groups excluding carboxylic acids is 2. The van der Waals surface area contributed by atoms with Gasteiger partial charge >= 0.3 is 0 Å². The molecule has 2 aromatic rings. The van der Waals surface area contributed by atoms with Gasteiger partial charge in [-0.2, -0.15) is 0 Å². The minimum absolute atomic E-state index is 0.0351. The third-order valence-electron chi connectivity index (χ3n) is 5.16. The second kappa shape index (κ2) is 10.4. The van der Waals surface area contributed by atoms with Gasteiger partial charge in [-0.15, -0.1) is 5.10 Å². The molecule has 1 aromatic carbocycles. The van der Waals surface area contributed by atoms with Crippen molar-refractivity contribution in [3.05, 3.63) is 29.8 Å². The smallest absolute Gasteiger partial charge is 0.253 e. The van der Waals surface area contributed by atoms with Gasteiger partial charge in [-0.25, -0.2) is 4.68 Å². The van der Waals surface area contributed by atoms with Gasteiger partial charge in [0, 0.05) is 24.3 Å². The third-order valence-corrected chi connectivity index (χ3v) is 6.09. The molecule has 1 aromatic heterocycles. The van der Waals surface area contributed by atoms with Crippen LogP contribution in [0.2, 0.25) is 0 Å². The van der Waals surface area contributed by atoms with E-state index in [9.17, 15) is 9.59 Å². The molecule has 0 radical (unpaired) electrons. The summed E-state index contributed by atoms with van der Waals surface area (Å²) >= 11 is 1.34. The molecular formula is C20H28N6O2S. The Hall–Kier alpha value is -2.42. The molecule has 2 amide bonds. The number of hydrogen-bond donors (Lipinski definition) is 1. The molecule has 0 bridgehead atoms. The lowest BCUT2D eigenvalue weighted by atomic mass is 9.96. The van der Waals surface area contributed by atoms with Gasteiger partial charge in [0.05, 0.1) is 11.8 Å². The topological polar surface area (TPSA) is 93.0 Å². The average molecular weight is 417 g/mol. The Kier molecular flexibility index (Phi) is 7.62. The van der Waals surface area contributed by atoms with Crippen LogP contribution in [0.4, 0.5) is 5.69 Å². The van der Waals surface area contributed by atoms with Crippen molar-refractivity contribution in [2.24, 2.45) is 0 Å². The number of aromatic nitrogens is 4. The van der Waals surface area contributed by atoms with E-state index in [-0.39, 0.29) is 17.6 Å². The molecule has 1 fully saturated rings. The maximum absolute atomic E-state index is 12.5. The van der Waals surface area contributed by atoms with E-state index >= 15 is 0 Å². The number of thioether (sulfide) groups is 1. The summed E-state index contributed by atoms with van der Waals surface area (Å²) in [5, 5.41) is 15.5. The van der Waals surface area contributed by atoms with Crippen molar-refractivity contribution < 1.29 is 9.59 Å². The van der Waals surface area contributed by atoms with Gasteiger partial charge in [-0.1, -0.05) is 37.1 Å². The van der Waals surface area contributed by atoms with E-state index in [4.69, 9.17) is 0 Å². The van der Waals surface area contributed by atoms with Crippen LogP contribution in [-0.4, -0.2) is 55.8 Å². The van der Waals surface area contributed by atoms with E-state index < -0.39 is 0 Å². The van der Waals surface area contributed by atoms with Crippen LogP contribution in [0.1, 0.15) is 62.4 Å². The van der Waals surface area contributed by atoms with Crippen molar-refractivity contribution in [1.82, 2.24) is 25.1 Å². The number of rotatable bonds is 8. The van der Waals surface area contributed by atoms with Gasteiger partial charge in [-0.05, 0) is 55.3 Å². The Morgan fingerprint density at radius 1 is 1.21 bits per heavy atom. The van der Waals surface area contributed by atoms with Gasteiger partial charge in [0.1, 0.15) is 0 Å². The number of benzene rings is 1. The third kappa shape index (κ3) is 5.56. The first-order valence-corrected chi connectivity index (χ1v) is 11.2. The number of carbonyl (C=O) groups is 2. The van der Waals surface area contributed by atoms with Crippen LogP contribution in [0.25, 0.3) is 0 Å². The van der Waals surface area contributed by atoms with Gasteiger partial charge in [-0.3, -0.25) is 9.59 Å². The van der Waals surface area contributed by atoms with Crippen molar-refractivity contribution in [2.45, 2.75) is 57.1 Å². The molecule has 1 saturated carbocycles. The zero-order valence-corrected chi connectivity index (χ0v) is 17.8. The predicted molar refractivity (Wildman–Crippen MR) is 113 cm³/mol. The summed E-state index contributed by atoms with van der Waals surface area (Å²) in [6.45, 7) is 5.20. The zero-order valence-electron chi connectivity index (χ0n) is 17.0. The summed E-state index contributed by atoms with van der Waals surface area (Å²) < 4.78 is 1.86. The highest BCUT2D eigenvalue weighted by molar-refractivity contribution is 7.99. The molecule has 1 heterocycles. The molecule has 156 valence electrons. The molecule has 0 atom stereocenters. The summed E-state index contributed by atoms with van der Waals surface area (Å²) in [7, 11) is 0. The minimum atomic E-state index is -0.152. The highest BCUT2D eigenvalue weighted by atomic mass is 32.2. The summed E-state index contributed by atoms with van der Waals surface area (Å²) in [6, 6.07) is 7.38. The summed E-state index contributed by atoms with van der Waals surface area (Å²) in [4.78, 5) is 26.7. The Labute approximate surface area is 175 Å². The predicted octanol–water partition coefficient (Wildman–Crippen LogP) is 3.39. The summed E-state index contributed by atoms with van der Waals surface area (Å²) in [5.41, 5.74) is 1.18. The number of hydrogen-bond acceptors (Lipinski definition) is 6. The van der Waals surface area contributed by atoms with Crippen LogP contribution in [0.15, 0.2) is 29.4 Å². The van der Waals surface area contributed by atoms with Gasteiger partial charge < -0.3 is 10.2 Å². The van der Waals surface area contributed by atoms with Gasteiger partial charge in [0.25, 0.3) is 5.91 Å². The lowest BCUT2D eigenvalue weighted by Gasteiger charge is -2.21. The summed E-state index contributed by atoms with van der Waals surface area (Å²) in [6.07, 6.45) is 5.81. The van der Waals surface area contributed by atoms with Crippen molar-refractivity contribution in [3.8, 4) is 0 Å². The second-order valence-electron chi connectivity index (χ2n) is 7.09. The fourth-order valence-electron chi connectivity index (χ4n) is 3.59. The molecule has 0 saturated heterocycles. The monoisotopic (exact) mass is 416 g/mol. The fraction of sp³-hybridized carbons (Fsp3) is 0.550. The molecule has 1 N–H and O–H groups in total. The van der Waals surface area contributed by atoms with E-state index in [1.807, 2.05) is 18.5 Å². The zero-order chi connectivity index (χ0) is 20.6. The number of anilines is 1. The number of nitrogens with one attached hydrogen (secondary N) is 1. The van der Waals surface area contributed by atoms with Gasteiger partial charge in [0.2, 0.25) is 11.1 Å². The quantitative estimate of drug-likeness (QED) is 0.663. The fourth-order valence-corrected chi connectivity index (χ4v) is 4.33. The van der Waals surface area contributed by atoms with E-state index in [1.54, 1.807) is 29.2 Å². The number of tetrazole rings is 1. The molecule has 0 spiro atoms. The second-order valence-corrected chi connectivity index (χ2v) is 8.04. The molecule has 0 unspecified atom stereocenters. The SMILES string of the molecule is CCN(CC)C(=O)c1cccc(NC(=O)CSc2nnnn2C2CCCCC2)c1. The average Bonchev–Trinajstić information content (AvgIpc) is 3.22. The van der Waals surface area contributed by atoms with E-state index in [1.165, 1.54) is 31.0 Å². The van der Waals surface area contributed by atoms with Crippen molar-refractivity contribution in [1.29, 1.82) is 0 Å². The molecule has 9 heteroatoms. The Morgan fingerprint density at radius 2 is 1.97 bits per heavy atom. The Morgan fingerprint density at radius 3 is 2.69 bits per heavy atom. The lowest BCUT2D eigenvalue weighted by Crippen LogP contribution is -2.30.